The standard InChI is InChI=1S/C29H36N6O2S/c1-5-35(6-2)12-11-31-28(37)26-17(3)24(32-18(26)4)14-22-21-13-19(7-8-23(21)33-27(22)36)25-16-38-29(34-25)20-9-10-30-15-20/h7-8,13-14,16,20,30,32H,5-6,9-12,15H2,1-4H3,(H,31,37)(H,33,36). The molecule has 2 aliphatic heterocycles. The van der Waals surface area contributed by atoms with Crippen molar-refractivity contribution in [2.24, 2.45) is 0 Å². The number of aromatic nitrogens is 2. The normalized spacial score (nSPS) is 17.9. The van der Waals surface area contributed by atoms with E-state index in [2.05, 4.69) is 45.1 Å². The zero-order valence-electron chi connectivity index (χ0n) is 22.5. The molecule has 0 aliphatic carbocycles. The highest BCUT2D eigenvalue weighted by Gasteiger charge is 2.27. The fourth-order valence-electron chi connectivity index (χ4n) is 5.32. The van der Waals surface area contributed by atoms with Crippen molar-refractivity contribution in [3.63, 3.8) is 0 Å². The SMILES string of the molecule is CCN(CC)CCNC(=O)c1c(C)[nH]c(C=C2C(=O)Nc3ccc(-c4csc(C5CCNC5)n4)cc32)c1C. The summed E-state index contributed by atoms with van der Waals surface area (Å²) in [5, 5.41) is 12.7. The monoisotopic (exact) mass is 532 g/mol. The van der Waals surface area contributed by atoms with Gasteiger partial charge in [-0.25, -0.2) is 4.98 Å². The topological polar surface area (TPSA) is 102 Å². The molecule has 1 unspecified atom stereocenters. The summed E-state index contributed by atoms with van der Waals surface area (Å²) in [5.74, 6) is 0.234. The van der Waals surface area contributed by atoms with Gasteiger partial charge in [0.25, 0.3) is 11.8 Å². The fraction of sp³-hybridized carbons (Fsp3) is 0.414. The molecule has 200 valence electrons. The molecule has 1 saturated heterocycles. The maximum atomic E-state index is 13.0. The lowest BCUT2D eigenvalue weighted by atomic mass is 10.0. The first-order valence-corrected chi connectivity index (χ1v) is 14.3. The van der Waals surface area contributed by atoms with Crippen LogP contribution < -0.4 is 16.0 Å². The van der Waals surface area contributed by atoms with E-state index in [0.717, 1.165) is 83.6 Å². The number of hydrogen-bond acceptors (Lipinski definition) is 6. The van der Waals surface area contributed by atoms with E-state index in [1.807, 2.05) is 38.1 Å². The molecule has 0 saturated carbocycles. The number of carbonyl (C=O) groups is 2. The number of H-pyrrole nitrogens is 1. The fourth-order valence-corrected chi connectivity index (χ4v) is 6.29. The van der Waals surface area contributed by atoms with Gasteiger partial charge in [-0.3, -0.25) is 9.59 Å². The van der Waals surface area contributed by atoms with E-state index < -0.39 is 0 Å². The Labute approximate surface area is 227 Å². The average molecular weight is 533 g/mol. The van der Waals surface area contributed by atoms with Gasteiger partial charge in [-0.1, -0.05) is 19.9 Å². The summed E-state index contributed by atoms with van der Waals surface area (Å²) in [6, 6.07) is 6.00. The van der Waals surface area contributed by atoms with Crippen molar-refractivity contribution < 1.29 is 9.59 Å². The molecular formula is C29H36N6O2S. The van der Waals surface area contributed by atoms with Crippen LogP contribution in [0.5, 0.6) is 0 Å². The number of carbonyl (C=O) groups excluding carboxylic acids is 2. The lowest BCUT2D eigenvalue weighted by molar-refractivity contribution is -0.110. The van der Waals surface area contributed by atoms with Crippen LogP contribution in [0.25, 0.3) is 22.9 Å². The second-order valence-corrected chi connectivity index (χ2v) is 10.9. The summed E-state index contributed by atoms with van der Waals surface area (Å²) in [6.07, 6.45) is 2.98. The molecule has 38 heavy (non-hydrogen) atoms. The molecule has 1 aromatic carbocycles. The number of nitrogens with zero attached hydrogens (tertiary/aromatic N) is 2. The highest BCUT2D eigenvalue weighted by Crippen LogP contribution is 2.38. The third-order valence-corrected chi connectivity index (χ3v) is 8.64. The van der Waals surface area contributed by atoms with E-state index in [9.17, 15) is 9.59 Å². The highest BCUT2D eigenvalue weighted by atomic mass is 32.1. The number of fused-ring (bicyclic) bond motifs is 1. The van der Waals surface area contributed by atoms with E-state index in [1.54, 1.807) is 11.3 Å². The van der Waals surface area contributed by atoms with E-state index in [1.165, 1.54) is 0 Å². The molecule has 0 bridgehead atoms. The number of likely N-dealkylation sites (N-methyl/N-ethyl adjacent to an activating group) is 1. The number of nitrogens with one attached hydrogen (secondary N) is 4. The zero-order chi connectivity index (χ0) is 26.8. The Morgan fingerprint density at radius 1 is 1.26 bits per heavy atom. The Bertz CT molecular complexity index is 1380. The van der Waals surface area contributed by atoms with Gasteiger partial charge in [-0.2, -0.15) is 0 Å². The summed E-state index contributed by atoms with van der Waals surface area (Å²) in [4.78, 5) is 36.5. The first-order valence-electron chi connectivity index (χ1n) is 13.4. The van der Waals surface area contributed by atoms with Crippen molar-refractivity contribution in [1.82, 2.24) is 25.5 Å². The summed E-state index contributed by atoms with van der Waals surface area (Å²) in [7, 11) is 0. The molecule has 1 atom stereocenters. The van der Waals surface area contributed by atoms with Crippen molar-refractivity contribution >= 4 is 40.5 Å². The smallest absolute Gasteiger partial charge is 0.256 e. The third-order valence-electron chi connectivity index (χ3n) is 7.63. The molecule has 3 aromatic rings. The van der Waals surface area contributed by atoms with Crippen LogP contribution in [0, 0.1) is 13.8 Å². The van der Waals surface area contributed by atoms with Gasteiger partial charge in [0, 0.05) is 59.1 Å². The van der Waals surface area contributed by atoms with Gasteiger partial charge in [0.2, 0.25) is 0 Å². The Kier molecular flexibility index (Phi) is 7.78. The lowest BCUT2D eigenvalue weighted by Gasteiger charge is -2.18. The largest absolute Gasteiger partial charge is 0.358 e. The molecule has 1 fully saturated rings. The third kappa shape index (κ3) is 5.18. The summed E-state index contributed by atoms with van der Waals surface area (Å²) < 4.78 is 0. The van der Waals surface area contributed by atoms with E-state index in [0.29, 0.717) is 23.6 Å². The first-order chi connectivity index (χ1) is 18.4. The van der Waals surface area contributed by atoms with Gasteiger partial charge in [-0.15, -0.1) is 11.3 Å². The molecule has 2 amide bonds. The van der Waals surface area contributed by atoms with Crippen molar-refractivity contribution in [3.8, 4) is 11.3 Å². The number of thiazole rings is 1. The summed E-state index contributed by atoms with van der Waals surface area (Å²) >= 11 is 1.70. The minimum atomic E-state index is -0.148. The van der Waals surface area contributed by atoms with Gasteiger partial charge in [0.1, 0.15) is 0 Å². The quantitative estimate of drug-likeness (QED) is 0.306. The molecule has 0 spiro atoms. The Hall–Kier alpha value is -3.27. The molecule has 0 radical (unpaired) electrons. The van der Waals surface area contributed by atoms with Crippen molar-refractivity contribution in [2.45, 2.75) is 40.0 Å². The van der Waals surface area contributed by atoms with Crippen LogP contribution in [0.1, 0.15) is 64.1 Å². The Morgan fingerprint density at radius 2 is 2.08 bits per heavy atom. The second kappa shape index (κ2) is 11.2. The van der Waals surface area contributed by atoms with Crippen LogP contribution in [-0.4, -0.2) is 66.0 Å². The van der Waals surface area contributed by atoms with Crippen LogP contribution in [0.3, 0.4) is 0 Å². The number of aryl methyl sites for hydroxylation is 1. The van der Waals surface area contributed by atoms with Gasteiger partial charge in [0.05, 0.1) is 21.8 Å². The Balaban J connectivity index is 1.39. The number of hydrogen-bond donors (Lipinski definition) is 4. The Morgan fingerprint density at radius 3 is 2.82 bits per heavy atom. The molecule has 5 rings (SSSR count). The zero-order valence-corrected chi connectivity index (χ0v) is 23.3. The maximum Gasteiger partial charge on any atom is 0.256 e. The number of amides is 2. The second-order valence-electron chi connectivity index (χ2n) is 9.98. The molecule has 2 aliphatic rings. The molecule has 9 heteroatoms. The highest BCUT2D eigenvalue weighted by molar-refractivity contribution is 7.10. The van der Waals surface area contributed by atoms with Crippen LogP contribution in [0.2, 0.25) is 0 Å². The molecular weight excluding hydrogens is 496 g/mol. The first kappa shape index (κ1) is 26.3. The number of anilines is 1. The van der Waals surface area contributed by atoms with Crippen LogP contribution in [0.15, 0.2) is 23.6 Å². The minimum Gasteiger partial charge on any atom is -0.358 e. The van der Waals surface area contributed by atoms with Crippen molar-refractivity contribution in [1.29, 1.82) is 0 Å². The van der Waals surface area contributed by atoms with Crippen LogP contribution in [-0.2, 0) is 4.79 Å². The average Bonchev–Trinajstić information content (AvgIpc) is 3.70. The minimum absolute atomic E-state index is 0.0941. The molecule has 8 nitrogen and oxygen atoms in total. The predicted octanol–water partition coefficient (Wildman–Crippen LogP) is 4.40. The van der Waals surface area contributed by atoms with Crippen molar-refractivity contribution in [3.05, 3.63) is 56.7 Å². The molecule has 4 heterocycles. The van der Waals surface area contributed by atoms with Gasteiger partial charge in [-0.05, 0) is 63.7 Å². The van der Waals surface area contributed by atoms with E-state index in [-0.39, 0.29) is 11.8 Å². The van der Waals surface area contributed by atoms with Crippen LogP contribution in [0.4, 0.5) is 5.69 Å². The summed E-state index contributed by atoms with van der Waals surface area (Å²) in [6.45, 7) is 13.4. The van der Waals surface area contributed by atoms with Crippen LogP contribution >= 0.6 is 11.3 Å². The molecule has 2 aromatic heterocycles. The lowest BCUT2D eigenvalue weighted by Crippen LogP contribution is -2.35. The maximum absolute atomic E-state index is 13.0. The van der Waals surface area contributed by atoms with E-state index >= 15 is 0 Å². The number of rotatable bonds is 9. The number of aromatic amines is 1. The molecule has 4 N–H and O–H groups in total. The number of benzene rings is 1. The summed E-state index contributed by atoms with van der Waals surface area (Å²) in [5.41, 5.74) is 7.18. The van der Waals surface area contributed by atoms with Gasteiger partial charge >= 0.3 is 0 Å². The van der Waals surface area contributed by atoms with Gasteiger partial charge < -0.3 is 25.8 Å². The van der Waals surface area contributed by atoms with Gasteiger partial charge in [0.15, 0.2) is 0 Å². The van der Waals surface area contributed by atoms with E-state index in [4.69, 9.17) is 4.98 Å². The van der Waals surface area contributed by atoms with Crippen molar-refractivity contribution in [2.75, 3.05) is 44.6 Å². The predicted molar refractivity (Wildman–Crippen MR) is 155 cm³/mol.